The van der Waals surface area contributed by atoms with Crippen molar-refractivity contribution in [1.29, 1.82) is 0 Å². The van der Waals surface area contributed by atoms with Gasteiger partial charge in [-0.2, -0.15) is 0 Å². The third-order valence-corrected chi connectivity index (χ3v) is 3.58. The van der Waals surface area contributed by atoms with Crippen molar-refractivity contribution in [2.45, 2.75) is 13.8 Å². The lowest BCUT2D eigenvalue weighted by Gasteiger charge is -2.07. The van der Waals surface area contributed by atoms with Crippen molar-refractivity contribution in [3.8, 4) is 0 Å². The van der Waals surface area contributed by atoms with Gasteiger partial charge in [0.25, 0.3) is 0 Å². The molecule has 0 fully saturated rings. The van der Waals surface area contributed by atoms with E-state index in [1.165, 1.54) is 0 Å². The summed E-state index contributed by atoms with van der Waals surface area (Å²) in [7, 11) is 0. The highest BCUT2D eigenvalue weighted by molar-refractivity contribution is 9.10. The number of benzene rings is 2. The lowest BCUT2D eigenvalue weighted by Crippen LogP contribution is -2.15. The summed E-state index contributed by atoms with van der Waals surface area (Å²) in [6, 6.07) is 12.5. The quantitative estimate of drug-likeness (QED) is 0.618. The lowest BCUT2D eigenvalue weighted by molar-refractivity contribution is 0.0474. The van der Waals surface area contributed by atoms with Gasteiger partial charge < -0.3 is 4.74 Å². The van der Waals surface area contributed by atoms with Crippen LogP contribution in [0, 0.1) is 13.8 Å². The average molecular weight is 347 g/mol. The minimum atomic E-state index is -0.505. The number of rotatable bonds is 4. The Morgan fingerprint density at radius 3 is 2.57 bits per heavy atom. The van der Waals surface area contributed by atoms with Crippen LogP contribution < -0.4 is 0 Å². The third kappa shape index (κ3) is 4.02. The minimum Gasteiger partial charge on any atom is -0.454 e. The van der Waals surface area contributed by atoms with Gasteiger partial charge in [-0.3, -0.25) is 4.79 Å². The van der Waals surface area contributed by atoms with Crippen molar-refractivity contribution in [2.24, 2.45) is 0 Å². The Kier molecular flexibility index (Phi) is 4.91. The predicted molar refractivity (Wildman–Crippen MR) is 84.7 cm³/mol. The fraction of sp³-hybridized carbons (Fsp3) is 0.176. The van der Waals surface area contributed by atoms with Gasteiger partial charge in [-0.05, 0) is 43.7 Å². The maximum absolute atomic E-state index is 12.1. The van der Waals surface area contributed by atoms with Crippen molar-refractivity contribution >= 4 is 27.7 Å². The van der Waals surface area contributed by atoms with Gasteiger partial charge in [0, 0.05) is 10.0 Å². The first-order valence-electron chi connectivity index (χ1n) is 6.50. The second-order valence-corrected chi connectivity index (χ2v) is 5.74. The maximum Gasteiger partial charge on any atom is 0.338 e. The number of halogens is 1. The summed E-state index contributed by atoms with van der Waals surface area (Å²) in [5.74, 6) is -0.700. The molecule has 108 valence electrons. The molecule has 21 heavy (non-hydrogen) atoms. The zero-order valence-electron chi connectivity index (χ0n) is 11.9. The molecule has 0 aliphatic carbocycles. The third-order valence-electron chi connectivity index (χ3n) is 3.09. The molecule has 0 aliphatic heterocycles. The van der Waals surface area contributed by atoms with E-state index in [2.05, 4.69) is 15.9 Å². The normalized spacial score (nSPS) is 10.2. The molecule has 0 radical (unpaired) electrons. The first kappa shape index (κ1) is 15.4. The number of carbonyl (C=O) groups excluding carboxylic acids is 2. The predicted octanol–water partition coefficient (Wildman–Crippen LogP) is 4.11. The van der Waals surface area contributed by atoms with Crippen LogP contribution in [0.25, 0.3) is 0 Å². The molecule has 4 heteroatoms. The number of hydrogen-bond acceptors (Lipinski definition) is 3. The van der Waals surface area contributed by atoms with E-state index in [1.807, 2.05) is 38.1 Å². The van der Waals surface area contributed by atoms with E-state index >= 15 is 0 Å². The molecule has 0 aliphatic rings. The Labute approximate surface area is 132 Å². The van der Waals surface area contributed by atoms with E-state index in [0.717, 1.165) is 15.6 Å². The zero-order chi connectivity index (χ0) is 15.4. The summed E-state index contributed by atoms with van der Waals surface area (Å²) in [5, 5.41) is 0. The SMILES string of the molecule is Cc1ccc(C)c(C(=O)COC(=O)c2cccc(Br)c2)c1. The highest BCUT2D eigenvalue weighted by Crippen LogP contribution is 2.14. The monoisotopic (exact) mass is 346 g/mol. The van der Waals surface area contributed by atoms with Gasteiger partial charge in [0.2, 0.25) is 5.78 Å². The molecule has 0 bridgehead atoms. The molecule has 0 heterocycles. The number of carbonyl (C=O) groups is 2. The molecule has 0 aromatic heterocycles. The molecule has 3 nitrogen and oxygen atoms in total. The van der Waals surface area contributed by atoms with E-state index in [0.29, 0.717) is 11.1 Å². The molecule has 2 rings (SSSR count). The summed E-state index contributed by atoms with van der Waals surface area (Å²) in [5.41, 5.74) is 2.89. The van der Waals surface area contributed by atoms with Crippen LogP contribution in [-0.4, -0.2) is 18.4 Å². The number of esters is 1. The van der Waals surface area contributed by atoms with Gasteiger partial charge in [-0.25, -0.2) is 4.79 Å². The highest BCUT2D eigenvalue weighted by atomic mass is 79.9. The molecule has 0 atom stereocenters. The Hall–Kier alpha value is -1.94. The van der Waals surface area contributed by atoms with Gasteiger partial charge in [-0.15, -0.1) is 0 Å². The summed E-state index contributed by atoms with van der Waals surface area (Å²) in [4.78, 5) is 24.0. The number of aryl methyl sites for hydroxylation is 2. The molecule has 2 aromatic rings. The topological polar surface area (TPSA) is 43.4 Å². The summed E-state index contributed by atoms with van der Waals surface area (Å²) < 4.78 is 5.87. The van der Waals surface area contributed by atoms with E-state index < -0.39 is 5.97 Å². The first-order valence-corrected chi connectivity index (χ1v) is 7.30. The number of Topliss-reactive ketones (excluding diaryl/α,β-unsaturated/α-hetero) is 1. The van der Waals surface area contributed by atoms with Crippen molar-refractivity contribution in [1.82, 2.24) is 0 Å². The van der Waals surface area contributed by atoms with Crippen molar-refractivity contribution in [3.63, 3.8) is 0 Å². The van der Waals surface area contributed by atoms with E-state index in [4.69, 9.17) is 4.74 Å². The van der Waals surface area contributed by atoms with Crippen molar-refractivity contribution in [3.05, 3.63) is 69.2 Å². The number of ketones is 1. The largest absolute Gasteiger partial charge is 0.454 e. The molecular weight excluding hydrogens is 332 g/mol. The van der Waals surface area contributed by atoms with Gasteiger partial charge in [0.15, 0.2) is 6.61 Å². The number of ether oxygens (including phenoxy) is 1. The Morgan fingerprint density at radius 1 is 1.10 bits per heavy atom. The Bertz CT molecular complexity index is 692. The average Bonchev–Trinajstić information content (AvgIpc) is 2.47. The molecular formula is C17H15BrO3. The smallest absolute Gasteiger partial charge is 0.338 e. The van der Waals surface area contributed by atoms with Gasteiger partial charge in [0.05, 0.1) is 5.56 Å². The molecule has 0 saturated carbocycles. The van der Waals surface area contributed by atoms with Crippen LogP contribution in [0.3, 0.4) is 0 Å². The molecule has 0 amide bonds. The van der Waals surface area contributed by atoms with Crippen molar-refractivity contribution < 1.29 is 14.3 Å². The molecule has 2 aromatic carbocycles. The van der Waals surface area contributed by atoms with E-state index in [1.54, 1.807) is 18.2 Å². The van der Waals surface area contributed by atoms with Crippen LogP contribution in [0.15, 0.2) is 46.9 Å². The molecule has 0 N–H and O–H groups in total. The standard InChI is InChI=1S/C17H15BrO3/c1-11-6-7-12(2)15(8-11)16(19)10-21-17(20)13-4-3-5-14(18)9-13/h3-9H,10H2,1-2H3. The number of hydrogen-bond donors (Lipinski definition) is 0. The zero-order valence-corrected chi connectivity index (χ0v) is 13.4. The highest BCUT2D eigenvalue weighted by Gasteiger charge is 2.13. The van der Waals surface area contributed by atoms with Crippen molar-refractivity contribution in [2.75, 3.05) is 6.61 Å². The summed E-state index contributed by atoms with van der Waals surface area (Å²) in [6.45, 7) is 3.53. The van der Waals surface area contributed by atoms with Gasteiger partial charge in [0.1, 0.15) is 0 Å². The van der Waals surface area contributed by atoms with E-state index in [-0.39, 0.29) is 12.4 Å². The van der Waals surface area contributed by atoms with Crippen LogP contribution in [-0.2, 0) is 4.74 Å². The van der Waals surface area contributed by atoms with Crippen LogP contribution in [0.4, 0.5) is 0 Å². The van der Waals surface area contributed by atoms with Crippen LogP contribution >= 0.6 is 15.9 Å². The molecule has 0 saturated heterocycles. The lowest BCUT2D eigenvalue weighted by atomic mass is 10.0. The fourth-order valence-corrected chi connectivity index (χ4v) is 2.34. The van der Waals surface area contributed by atoms with Crippen LogP contribution in [0.1, 0.15) is 31.8 Å². The fourth-order valence-electron chi connectivity index (χ4n) is 1.94. The van der Waals surface area contributed by atoms with Crippen LogP contribution in [0.2, 0.25) is 0 Å². The first-order chi connectivity index (χ1) is 9.97. The second kappa shape index (κ2) is 6.68. The Balaban J connectivity index is 2.04. The maximum atomic E-state index is 12.1. The van der Waals surface area contributed by atoms with Crippen LogP contribution in [0.5, 0.6) is 0 Å². The van der Waals surface area contributed by atoms with Gasteiger partial charge in [-0.1, -0.05) is 39.7 Å². The Morgan fingerprint density at radius 2 is 1.86 bits per heavy atom. The minimum absolute atomic E-state index is 0.195. The molecule has 0 unspecified atom stereocenters. The van der Waals surface area contributed by atoms with E-state index in [9.17, 15) is 9.59 Å². The summed E-state index contributed by atoms with van der Waals surface area (Å²) in [6.07, 6.45) is 0. The van der Waals surface area contributed by atoms with Gasteiger partial charge >= 0.3 is 5.97 Å². The molecule has 0 spiro atoms. The second-order valence-electron chi connectivity index (χ2n) is 4.83. The summed E-state index contributed by atoms with van der Waals surface area (Å²) >= 11 is 3.29.